The summed E-state index contributed by atoms with van der Waals surface area (Å²) in [5.41, 5.74) is 4.34. The lowest BCUT2D eigenvalue weighted by Crippen LogP contribution is -2.39. The molecule has 2 amide bonds. The van der Waals surface area contributed by atoms with Crippen molar-refractivity contribution in [3.05, 3.63) is 0 Å². The van der Waals surface area contributed by atoms with Gasteiger partial charge < -0.3 is 40.4 Å². The average Bonchev–Trinajstić information content (AvgIpc) is 2.52. The minimum atomic E-state index is -0.496. The Morgan fingerprint density at radius 3 is 1.39 bits per heavy atom. The predicted molar refractivity (Wildman–Crippen MR) is 122 cm³/mol. The van der Waals surface area contributed by atoms with Gasteiger partial charge in [0.05, 0.1) is 31.9 Å². The second-order valence-electron chi connectivity index (χ2n) is 9.17. The molecule has 0 aromatic heterocycles. The zero-order chi connectivity index (χ0) is 25.3. The maximum Gasteiger partial charge on any atom is 0.407 e. The molecular formula is C21H47N3O7. The summed E-state index contributed by atoms with van der Waals surface area (Å²) in [4.78, 5) is 22.1. The van der Waals surface area contributed by atoms with Crippen molar-refractivity contribution in [1.29, 1.82) is 0 Å². The molecule has 10 nitrogen and oxygen atoms in total. The summed E-state index contributed by atoms with van der Waals surface area (Å²) in [6, 6.07) is -0.116. The van der Waals surface area contributed by atoms with E-state index in [0.717, 1.165) is 0 Å². The van der Waals surface area contributed by atoms with Gasteiger partial charge in [-0.3, -0.25) is 0 Å². The molecule has 0 rings (SSSR count). The summed E-state index contributed by atoms with van der Waals surface area (Å²) in [5, 5.41) is 13.7. The lowest BCUT2D eigenvalue weighted by atomic mass is 10.2. The highest BCUT2D eigenvalue weighted by Crippen LogP contribution is 2.07. The third-order valence-electron chi connectivity index (χ3n) is 2.65. The Labute approximate surface area is 188 Å². The molecule has 31 heavy (non-hydrogen) atoms. The fraction of sp³-hybridized carbons (Fsp3) is 0.905. The quantitative estimate of drug-likeness (QED) is 0.460. The van der Waals surface area contributed by atoms with E-state index in [4.69, 9.17) is 25.1 Å². The van der Waals surface area contributed by atoms with E-state index in [1.165, 1.54) is 0 Å². The van der Waals surface area contributed by atoms with Crippen molar-refractivity contribution < 1.29 is 33.6 Å². The van der Waals surface area contributed by atoms with E-state index in [0.29, 0.717) is 13.2 Å². The second kappa shape index (κ2) is 18.0. The highest BCUT2D eigenvalue weighted by molar-refractivity contribution is 5.68. The molecular weight excluding hydrogens is 406 g/mol. The maximum absolute atomic E-state index is 11.2. The fourth-order valence-corrected chi connectivity index (χ4v) is 1.62. The van der Waals surface area contributed by atoms with Crippen molar-refractivity contribution in [3.8, 4) is 0 Å². The number of hydrogen-bond donors (Lipinski definition) is 4. The van der Waals surface area contributed by atoms with Crippen LogP contribution in [0, 0.1) is 0 Å². The minimum absolute atomic E-state index is 0.0279. The number of methoxy groups -OCH3 is 2. The van der Waals surface area contributed by atoms with Crippen molar-refractivity contribution in [1.82, 2.24) is 10.6 Å². The van der Waals surface area contributed by atoms with E-state index in [9.17, 15) is 9.59 Å². The Morgan fingerprint density at radius 2 is 1.16 bits per heavy atom. The number of aliphatic hydroxyl groups excluding tert-OH is 1. The van der Waals surface area contributed by atoms with Crippen LogP contribution in [0.3, 0.4) is 0 Å². The van der Waals surface area contributed by atoms with E-state index >= 15 is 0 Å². The minimum Gasteiger partial charge on any atom is -0.444 e. The first-order chi connectivity index (χ1) is 14.0. The average molecular weight is 454 g/mol. The van der Waals surface area contributed by atoms with Crippen molar-refractivity contribution in [2.75, 3.05) is 34.0 Å². The number of nitrogens with one attached hydrogen (secondary N) is 2. The van der Waals surface area contributed by atoms with E-state index in [-0.39, 0.29) is 24.7 Å². The molecule has 0 spiro atoms. The number of hydrogen-bond acceptors (Lipinski definition) is 8. The van der Waals surface area contributed by atoms with E-state index in [1.54, 1.807) is 41.9 Å². The van der Waals surface area contributed by atoms with Crippen molar-refractivity contribution in [2.24, 2.45) is 5.73 Å². The van der Waals surface area contributed by atoms with Gasteiger partial charge in [0.25, 0.3) is 0 Å². The summed E-state index contributed by atoms with van der Waals surface area (Å²) in [7, 11) is 3.23. The van der Waals surface area contributed by atoms with Gasteiger partial charge in [-0.15, -0.1) is 0 Å². The molecule has 0 aliphatic heterocycles. The van der Waals surface area contributed by atoms with Gasteiger partial charge in [0.1, 0.15) is 11.2 Å². The number of aliphatic hydroxyl groups is 1. The molecule has 188 valence electrons. The highest BCUT2D eigenvalue weighted by atomic mass is 16.6. The second-order valence-corrected chi connectivity index (χ2v) is 9.17. The van der Waals surface area contributed by atoms with Crippen LogP contribution in [-0.4, -0.2) is 80.7 Å². The molecule has 5 N–H and O–H groups in total. The van der Waals surface area contributed by atoms with Crippen LogP contribution in [0.25, 0.3) is 0 Å². The Balaban J connectivity index is -0.000000405. The highest BCUT2D eigenvalue weighted by Gasteiger charge is 2.18. The molecule has 0 heterocycles. The van der Waals surface area contributed by atoms with Crippen molar-refractivity contribution in [2.45, 2.75) is 91.6 Å². The number of carbonyl (C=O) groups excluding carboxylic acids is 2. The largest absolute Gasteiger partial charge is 0.444 e. The van der Waals surface area contributed by atoms with Crippen LogP contribution in [0.2, 0.25) is 0 Å². The molecule has 0 bridgehead atoms. The molecule has 0 radical (unpaired) electrons. The summed E-state index contributed by atoms with van der Waals surface area (Å²) < 4.78 is 19.5. The molecule has 10 heteroatoms. The van der Waals surface area contributed by atoms with Crippen LogP contribution in [-0.2, 0) is 18.9 Å². The SMILES string of the molecule is CC(CO)NC(=O)OC(C)(C)C.COCC(C)NC(=O)OC(C)(C)C.COC[C@@H](C)N. The smallest absolute Gasteiger partial charge is 0.407 e. The van der Waals surface area contributed by atoms with Crippen LogP contribution in [0.5, 0.6) is 0 Å². The summed E-state index contributed by atoms with van der Waals surface area (Å²) >= 11 is 0. The zero-order valence-electron chi connectivity index (χ0n) is 21.3. The summed E-state index contributed by atoms with van der Waals surface area (Å²) in [6.07, 6.45) is -0.902. The molecule has 0 fully saturated rings. The molecule has 0 saturated heterocycles. The Morgan fingerprint density at radius 1 is 0.806 bits per heavy atom. The normalized spacial score (nSPS) is 13.8. The van der Waals surface area contributed by atoms with E-state index in [2.05, 4.69) is 15.4 Å². The monoisotopic (exact) mass is 453 g/mol. The third-order valence-corrected chi connectivity index (χ3v) is 2.65. The standard InChI is InChI=1S/C9H19NO3.C8H17NO3.C4H11NO/c1-7(6-12-5)10-8(11)13-9(2,3)4;1-6(5-10)9-7(11)12-8(2,3)4;1-4(5)3-6-2/h7H,6H2,1-5H3,(H,10,11);6,10H,5H2,1-4H3,(H,9,11);4H,3,5H2,1-2H3/t;;4-/m..1/s1. The number of alkyl carbamates (subject to hydrolysis) is 2. The molecule has 0 aromatic rings. The fourth-order valence-electron chi connectivity index (χ4n) is 1.62. The van der Waals surface area contributed by atoms with Gasteiger partial charge in [-0.1, -0.05) is 0 Å². The van der Waals surface area contributed by atoms with Crippen LogP contribution >= 0.6 is 0 Å². The van der Waals surface area contributed by atoms with Crippen LogP contribution in [0.1, 0.15) is 62.3 Å². The van der Waals surface area contributed by atoms with E-state index < -0.39 is 23.4 Å². The molecule has 0 aliphatic rings. The third kappa shape index (κ3) is 33.2. The molecule has 0 aliphatic carbocycles. The van der Waals surface area contributed by atoms with Gasteiger partial charge >= 0.3 is 12.2 Å². The van der Waals surface area contributed by atoms with Gasteiger partial charge in [-0.25, -0.2) is 9.59 Å². The van der Waals surface area contributed by atoms with Crippen LogP contribution in [0.15, 0.2) is 0 Å². The Bertz CT molecular complexity index is 461. The summed E-state index contributed by atoms with van der Waals surface area (Å²) in [6.45, 7) is 17.4. The first kappa shape index (κ1) is 34.0. The number of rotatable bonds is 7. The van der Waals surface area contributed by atoms with Crippen molar-refractivity contribution in [3.63, 3.8) is 0 Å². The first-order valence-electron chi connectivity index (χ1n) is 10.3. The van der Waals surface area contributed by atoms with Gasteiger partial charge in [0.2, 0.25) is 0 Å². The first-order valence-corrected chi connectivity index (χ1v) is 10.3. The topological polar surface area (TPSA) is 141 Å². The van der Waals surface area contributed by atoms with Gasteiger partial charge in [-0.05, 0) is 62.3 Å². The number of ether oxygens (including phenoxy) is 4. The Hall–Kier alpha value is -1.62. The Kier molecular flexibility index (Phi) is 19.7. The number of carbonyl (C=O) groups is 2. The lowest BCUT2D eigenvalue weighted by Gasteiger charge is -2.21. The van der Waals surface area contributed by atoms with Gasteiger partial charge in [0, 0.05) is 20.3 Å². The van der Waals surface area contributed by atoms with Crippen molar-refractivity contribution >= 4 is 12.2 Å². The molecule has 3 atom stereocenters. The molecule has 0 aromatic carbocycles. The summed E-state index contributed by atoms with van der Waals surface area (Å²) in [5.74, 6) is 0. The van der Waals surface area contributed by atoms with Crippen LogP contribution in [0.4, 0.5) is 9.59 Å². The van der Waals surface area contributed by atoms with Crippen LogP contribution < -0.4 is 16.4 Å². The molecule has 2 unspecified atom stereocenters. The molecule has 0 saturated carbocycles. The van der Waals surface area contributed by atoms with Gasteiger partial charge in [-0.2, -0.15) is 0 Å². The lowest BCUT2D eigenvalue weighted by molar-refractivity contribution is 0.0471. The van der Waals surface area contributed by atoms with Gasteiger partial charge in [0.15, 0.2) is 0 Å². The number of amides is 2. The van der Waals surface area contributed by atoms with E-state index in [1.807, 2.05) is 34.6 Å². The number of nitrogens with two attached hydrogens (primary N) is 1. The zero-order valence-corrected chi connectivity index (χ0v) is 21.3. The predicted octanol–water partition coefficient (Wildman–Crippen LogP) is 2.42. The maximum atomic E-state index is 11.2.